The molecule has 0 saturated heterocycles. The van der Waals surface area contributed by atoms with E-state index in [2.05, 4.69) is 20.7 Å². The standard InChI is InChI=1S/C11H8BrFO4/c1-17-11(16)10(15)5-9(14)6-2-3-8(13)7(12)4-6/h2-4H,5H2,1H3. The van der Waals surface area contributed by atoms with Crippen molar-refractivity contribution in [3.63, 3.8) is 0 Å². The minimum Gasteiger partial charge on any atom is -0.463 e. The van der Waals surface area contributed by atoms with Gasteiger partial charge in [0.05, 0.1) is 18.0 Å². The van der Waals surface area contributed by atoms with E-state index >= 15 is 0 Å². The molecule has 0 aliphatic heterocycles. The van der Waals surface area contributed by atoms with E-state index in [-0.39, 0.29) is 10.0 Å². The van der Waals surface area contributed by atoms with E-state index in [0.29, 0.717) is 0 Å². The Morgan fingerprint density at radius 1 is 1.35 bits per heavy atom. The van der Waals surface area contributed by atoms with E-state index in [4.69, 9.17) is 0 Å². The predicted octanol–water partition coefficient (Wildman–Crippen LogP) is 1.90. The van der Waals surface area contributed by atoms with Gasteiger partial charge in [0.15, 0.2) is 5.78 Å². The first-order chi connectivity index (χ1) is 7.95. The SMILES string of the molecule is COC(=O)C(=O)CC(=O)c1ccc(F)c(Br)c1. The second-order valence-corrected chi connectivity index (χ2v) is 4.00. The molecule has 0 saturated carbocycles. The van der Waals surface area contributed by atoms with E-state index in [1.54, 1.807) is 0 Å². The summed E-state index contributed by atoms with van der Waals surface area (Å²) in [6.45, 7) is 0. The number of methoxy groups -OCH3 is 1. The molecular weight excluding hydrogens is 295 g/mol. The van der Waals surface area contributed by atoms with E-state index < -0.39 is 29.8 Å². The van der Waals surface area contributed by atoms with Gasteiger partial charge in [0, 0.05) is 5.56 Å². The summed E-state index contributed by atoms with van der Waals surface area (Å²) in [5, 5.41) is 0. The van der Waals surface area contributed by atoms with Crippen molar-refractivity contribution in [1.82, 2.24) is 0 Å². The summed E-state index contributed by atoms with van der Waals surface area (Å²) in [7, 11) is 1.05. The van der Waals surface area contributed by atoms with Gasteiger partial charge in [-0.1, -0.05) is 0 Å². The third-order valence-electron chi connectivity index (χ3n) is 1.98. The summed E-state index contributed by atoms with van der Waals surface area (Å²) < 4.78 is 17.2. The van der Waals surface area contributed by atoms with Crippen molar-refractivity contribution in [2.24, 2.45) is 0 Å². The number of ketones is 2. The van der Waals surface area contributed by atoms with Gasteiger partial charge in [-0.3, -0.25) is 9.59 Å². The van der Waals surface area contributed by atoms with Crippen molar-refractivity contribution >= 4 is 33.5 Å². The molecule has 1 aromatic rings. The van der Waals surface area contributed by atoms with Crippen molar-refractivity contribution in [2.45, 2.75) is 6.42 Å². The average Bonchev–Trinajstić information content (AvgIpc) is 2.31. The fraction of sp³-hybridized carbons (Fsp3) is 0.182. The molecule has 1 rings (SSSR count). The molecule has 0 amide bonds. The largest absolute Gasteiger partial charge is 0.463 e. The molecule has 0 atom stereocenters. The van der Waals surface area contributed by atoms with Crippen molar-refractivity contribution in [3.8, 4) is 0 Å². The molecule has 17 heavy (non-hydrogen) atoms. The number of rotatable bonds is 4. The Labute approximate surface area is 105 Å². The van der Waals surface area contributed by atoms with Gasteiger partial charge in [-0.15, -0.1) is 0 Å². The van der Waals surface area contributed by atoms with Crippen LogP contribution in [0.3, 0.4) is 0 Å². The lowest BCUT2D eigenvalue weighted by Crippen LogP contribution is -2.19. The molecule has 0 spiro atoms. The highest BCUT2D eigenvalue weighted by Crippen LogP contribution is 2.17. The normalized spacial score (nSPS) is 9.82. The molecule has 1 aromatic carbocycles. The molecule has 90 valence electrons. The van der Waals surface area contributed by atoms with Gasteiger partial charge in [0.2, 0.25) is 5.78 Å². The minimum atomic E-state index is -1.07. The fourth-order valence-corrected chi connectivity index (χ4v) is 1.48. The lowest BCUT2D eigenvalue weighted by atomic mass is 10.1. The number of carbonyl (C=O) groups is 3. The molecule has 6 heteroatoms. The van der Waals surface area contributed by atoms with Crippen LogP contribution in [0.15, 0.2) is 22.7 Å². The predicted molar refractivity (Wildman–Crippen MR) is 60.1 cm³/mol. The zero-order valence-electron chi connectivity index (χ0n) is 8.83. The topological polar surface area (TPSA) is 60.4 Å². The lowest BCUT2D eigenvalue weighted by molar-refractivity contribution is -0.151. The van der Waals surface area contributed by atoms with Crippen LogP contribution in [0.4, 0.5) is 4.39 Å². The van der Waals surface area contributed by atoms with Gasteiger partial charge in [0.1, 0.15) is 5.82 Å². The van der Waals surface area contributed by atoms with Gasteiger partial charge in [-0.2, -0.15) is 0 Å². The van der Waals surface area contributed by atoms with Crippen molar-refractivity contribution in [2.75, 3.05) is 7.11 Å². The van der Waals surface area contributed by atoms with Gasteiger partial charge >= 0.3 is 5.97 Å². The Morgan fingerprint density at radius 3 is 2.53 bits per heavy atom. The molecule has 0 fully saturated rings. The molecule has 4 nitrogen and oxygen atoms in total. The van der Waals surface area contributed by atoms with Gasteiger partial charge in [-0.25, -0.2) is 9.18 Å². The van der Waals surface area contributed by atoms with Crippen LogP contribution >= 0.6 is 15.9 Å². The number of halogens is 2. The van der Waals surface area contributed by atoms with Crippen LogP contribution < -0.4 is 0 Å². The quantitative estimate of drug-likeness (QED) is 0.369. The van der Waals surface area contributed by atoms with Crippen LogP contribution in [0.2, 0.25) is 0 Å². The van der Waals surface area contributed by atoms with Crippen LogP contribution in [0.25, 0.3) is 0 Å². The van der Waals surface area contributed by atoms with Crippen molar-refractivity contribution < 1.29 is 23.5 Å². The zero-order valence-corrected chi connectivity index (χ0v) is 10.4. The number of carbonyl (C=O) groups excluding carboxylic acids is 3. The summed E-state index contributed by atoms with van der Waals surface area (Å²) in [5.41, 5.74) is 0.149. The van der Waals surface area contributed by atoms with Gasteiger partial charge < -0.3 is 4.74 Å². The number of hydrogen-bond donors (Lipinski definition) is 0. The Bertz CT molecular complexity index is 484. The van der Waals surface area contributed by atoms with E-state index in [1.165, 1.54) is 12.1 Å². The maximum Gasteiger partial charge on any atom is 0.374 e. The van der Waals surface area contributed by atoms with Crippen LogP contribution in [-0.2, 0) is 14.3 Å². The third kappa shape index (κ3) is 3.45. The highest BCUT2D eigenvalue weighted by molar-refractivity contribution is 9.10. The van der Waals surface area contributed by atoms with E-state index in [1.807, 2.05) is 0 Å². The summed E-state index contributed by atoms with van der Waals surface area (Å²) in [4.78, 5) is 33.5. The number of esters is 1. The van der Waals surface area contributed by atoms with Crippen molar-refractivity contribution in [3.05, 3.63) is 34.1 Å². The van der Waals surface area contributed by atoms with Crippen LogP contribution in [0.5, 0.6) is 0 Å². The Hall–Kier alpha value is -1.56. The first-order valence-electron chi connectivity index (χ1n) is 4.55. The fourth-order valence-electron chi connectivity index (χ4n) is 1.10. The van der Waals surface area contributed by atoms with E-state index in [9.17, 15) is 18.8 Å². The second-order valence-electron chi connectivity index (χ2n) is 3.14. The Balaban J connectivity index is 2.80. The number of benzene rings is 1. The lowest BCUT2D eigenvalue weighted by Gasteiger charge is -2.01. The molecular formula is C11H8BrFO4. The number of Topliss-reactive ketones (excluding diaryl/α,β-unsaturated/α-hetero) is 2. The van der Waals surface area contributed by atoms with Crippen LogP contribution in [0, 0.1) is 5.82 Å². The average molecular weight is 303 g/mol. The van der Waals surface area contributed by atoms with Crippen molar-refractivity contribution in [1.29, 1.82) is 0 Å². The maximum atomic E-state index is 12.9. The molecule has 0 radical (unpaired) electrons. The summed E-state index contributed by atoms with van der Waals surface area (Å²) in [6.07, 6.45) is -0.593. The highest BCUT2D eigenvalue weighted by atomic mass is 79.9. The highest BCUT2D eigenvalue weighted by Gasteiger charge is 2.19. The molecule has 0 aliphatic rings. The Morgan fingerprint density at radius 2 is 2.00 bits per heavy atom. The van der Waals surface area contributed by atoms with Crippen LogP contribution in [-0.4, -0.2) is 24.6 Å². The summed E-state index contributed by atoms with van der Waals surface area (Å²) in [6, 6.07) is 3.59. The van der Waals surface area contributed by atoms with Gasteiger partial charge in [-0.05, 0) is 34.1 Å². The minimum absolute atomic E-state index is 0.119. The second kappa shape index (κ2) is 5.67. The maximum absolute atomic E-state index is 12.9. The molecule has 0 aromatic heterocycles. The first-order valence-corrected chi connectivity index (χ1v) is 5.34. The molecule has 0 heterocycles. The van der Waals surface area contributed by atoms with Crippen LogP contribution in [0.1, 0.15) is 16.8 Å². The summed E-state index contributed by atoms with van der Waals surface area (Å²) in [5.74, 6) is -3.08. The monoisotopic (exact) mass is 302 g/mol. The van der Waals surface area contributed by atoms with Gasteiger partial charge in [0.25, 0.3) is 0 Å². The molecule has 0 aliphatic carbocycles. The zero-order chi connectivity index (χ0) is 13.0. The smallest absolute Gasteiger partial charge is 0.374 e. The first kappa shape index (κ1) is 13.5. The summed E-state index contributed by atoms with van der Waals surface area (Å²) >= 11 is 2.92. The number of ether oxygens (including phenoxy) is 1. The molecule has 0 unspecified atom stereocenters. The Kier molecular flexibility index (Phi) is 4.51. The molecule has 0 bridgehead atoms. The van der Waals surface area contributed by atoms with E-state index in [0.717, 1.165) is 13.2 Å². The third-order valence-corrected chi connectivity index (χ3v) is 2.58. The molecule has 0 N–H and O–H groups in total. The number of hydrogen-bond acceptors (Lipinski definition) is 4.